The number of halogens is 1. The SMILES string of the molecule is CC(Nc1ccc([N+](=O)[O-])cc1N)c1ccc(Cl)s1. The maximum Gasteiger partial charge on any atom is 0.271 e. The fourth-order valence-corrected chi connectivity index (χ4v) is 2.72. The fraction of sp³-hybridized carbons (Fsp3) is 0.167. The van der Waals surface area contributed by atoms with Gasteiger partial charge in [-0.3, -0.25) is 10.1 Å². The molecule has 0 saturated heterocycles. The molecule has 0 fully saturated rings. The molecule has 0 bridgehead atoms. The summed E-state index contributed by atoms with van der Waals surface area (Å²) in [7, 11) is 0. The zero-order chi connectivity index (χ0) is 14.0. The molecule has 3 N–H and O–H groups in total. The zero-order valence-electron chi connectivity index (χ0n) is 10.1. The van der Waals surface area contributed by atoms with E-state index in [1.54, 1.807) is 6.07 Å². The molecule has 1 unspecified atom stereocenters. The lowest BCUT2D eigenvalue weighted by molar-refractivity contribution is -0.384. The van der Waals surface area contributed by atoms with Crippen LogP contribution in [-0.4, -0.2) is 4.92 Å². The van der Waals surface area contributed by atoms with E-state index in [0.717, 1.165) is 9.21 Å². The number of benzene rings is 1. The number of nitro benzene ring substituents is 1. The highest BCUT2D eigenvalue weighted by molar-refractivity contribution is 7.16. The largest absolute Gasteiger partial charge is 0.397 e. The maximum atomic E-state index is 10.6. The van der Waals surface area contributed by atoms with Crippen molar-refractivity contribution in [1.82, 2.24) is 0 Å². The molecule has 0 spiro atoms. The summed E-state index contributed by atoms with van der Waals surface area (Å²) in [6, 6.07) is 8.18. The van der Waals surface area contributed by atoms with Gasteiger partial charge in [-0.15, -0.1) is 11.3 Å². The summed E-state index contributed by atoms with van der Waals surface area (Å²) < 4.78 is 0.723. The minimum Gasteiger partial charge on any atom is -0.397 e. The monoisotopic (exact) mass is 297 g/mol. The summed E-state index contributed by atoms with van der Waals surface area (Å²) in [6.45, 7) is 1.98. The average molecular weight is 298 g/mol. The van der Waals surface area contributed by atoms with Gasteiger partial charge >= 0.3 is 0 Å². The Morgan fingerprint density at radius 1 is 1.42 bits per heavy atom. The van der Waals surface area contributed by atoms with E-state index in [0.29, 0.717) is 11.4 Å². The second kappa shape index (κ2) is 5.46. The van der Waals surface area contributed by atoms with Gasteiger partial charge in [-0.2, -0.15) is 0 Å². The smallest absolute Gasteiger partial charge is 0.271 e. The van der Waals surface area contributed by atoms with E-state index in [-0.39, 0.29) is 11.7 Å². The number of non-ortho nitro benzene ring substituents is 1. The van der Waals surface area contributed by atoms with Crippen LogP contribution < -0.4 is 11.1 Å². The highest BCUT2D eigenvalue weighted by atomic mass is 35.5. The molecule has 1 heterocycles. The molecule has 1 aromatic carbocycles. The number of nitrogens with zero attached hydrogens (tertiary/aromatic N) is 1. The first-order chi connectivity index (χ1) is 8.97. The number of rotatable bonds is 4. The molecule has 7 heteroatoms. The number of thiophene rings is 1. The van der Waals surface area contributed by atoms with E-state index in [2.05, 4.69) is 5.32 Å². The molecule has 0 aliphatic carbocycles. The molecule has 2 rings (SSSR count). The summed E-state index contributed by atoms with van der Waals surface area (Å²) in [5.41, 5.74) is 6.80. The van der Waals surface area contributed by atoms with Crippen molar-refractivity contribution < 1.29 is 4.92 Å². The van der Waals surface area contributed by atoms with E-state index in [4.69, 9.17) is 17.3 Å². The number of hydrogen-bond acceptors (Lipinski definition) is 5. The Labute approximate surface area is 119 Å². The van der Waals surface area contributed by atoms with Gasteiger partial charge < -0.3 is 11.1 Å². The van der Waals surface area contributed by atoms with Gasteiger partial charge in [-0.1, -0.05) is 11.6 Å². The third-order valence-electron chi connectivity index (χ3n) is 2.64. The number of nitrogens with one attached hydrogen (secondary N) is 1. The highest BCUT2D eigenvalue weighted by Gasteiger charge is 2.12. The second-order valence-corrected chi connectivity index (χ2v) is 5.78. The maximum absolute atomic E-state index is 10.6. The molecule has 0 saturated carbocycles. The molecular formula is C12H12ClN3O2S. The van der Waals surface area contributed by atoms with Crippen LogP contribution in [0.1, 0.15) is 17.8 Å². The van der Waals surface area contributed by atoms with Gasteiger partial charge in [-0.05, 0) is 25.1 Å². The quantitative estimate of drug-likeness (QED) is 0.506. The number of anilines is 2. The van der Waals surface area contributed by atoms with E-state index >= 15 is 0 Å². The molecule has 1 atom stereocenters. The van der Waals surface area contributed by atoms with Crippen molar-refractivity contribution in [2.45, 2.75) is 13.0 Å². The minimum absolute atomic E-state index is 0.0186. The molecule has 5 nitrogen and oxygen atoms in total. The molecule has 0 amide bonds. The first kappa shape index (κ1) is 13.6. The van der Waals surface area contributed by atoms with Crippen molar-refractivity contribution in [1.29, 1.82) is 0 Å². The topological polar surface area (TPSA) is 81.2 Å². The predicted octanol–water partition coefficient (Wildman–Crippen LogP) is 4.07. The Morgan fingerprint density at radius 3 is 2.68 bits per heavy atom. The first-order valence-electron chi connectivity index (χ1n) is 5.53. The van der Waals surface area contributed by atoms with Gasteiger partial charge in [0.2, 0.25) is 0 Å². The van der Waals surface area contributed by atoms with Gasteiger partial charge in [0.15, 0.2) is 0 Å². The second-order valence-electron chi connectivity index (χ2n) is 4.04. The average Bonchev–Trinajstić information content (AvgIpc) is 2.78. The van der Waals surface area contributed by atoms with Crippen LogP contribution in [0, 0.1) is 10.1 Å². The van der Waals surface area contributed by atoms with E-state index in [1.807, 2.05) is 19.1 Å². The summed E-state index contributed by atoms with van der Waals surface area (Å²) in [5.74, 6) is 0. The Balaban J connectivity index is 2.17. The molecule has 100 valence electrons. The fourth-order valence-electron chi connectivity index (χ4n) is 1.66. The third-order valence-corrected chi connectivity index (χ3v) is 4.05. The number of hydrogen-bond donors (Lipinski definition) is 2. The number of nitro groups is 1. The summed E-state index contributed by atoms with van der Waals surface area (Å²) >= 11 is 7.37. The van der Waals surface area contributed by atoms with E-state index in [1.165, 1.54) is 23.5 Å². The molecule has 19 heavy (non-hydrogen) atoms. The molecule has 0 aliphatic rings. The van der Waals surface area contributed by atoms with E-state index in [9.17, 15) is 10.1 Å². The lowest BCUT2D eigenvalue weighted by atomic mass is 10.2. The van der Waals surface area contributed by atoms with Crippen LogP contribution in [-0.2, 0) is 0 Å². The Kier molecular flexibility index (Phi) is 3.92. The summed E-state index contributed by atoms with van der Waals surface area (Å²) in [6.07, 6.45) is 0. The normalized spacial score (nSPS) is 12.1. The summed E-state index contributed by atoms with van der Waals surface area (Å²) in [5, 5.41) is 13.8. The molecule has 0 radical (unpaired) electrons. The van der Waals surface area contributed by atoms with E-state index < -0.39 is 4.92 Å². The standard InChI is InChI=1S/C12H12ClN3O2S/c1-7(11-4-5-12(13)19-11)15-10-3-2-8(16(17)18)6-9(10)14/h2-7,15H,14H2,1H3. The molecule has 2 aromatic rings. The first-order valence-corrected chi connectivity index (χ1v) is 6.72. The highest BCUT2D eigenvalue weighted by Crippen LogP contribution is 2.31. The third kappa shape index (κ3) is 3.15. The van der Waals surface area contributed by atoms with Crippen LogP contribution in [0.4, 0.5) is 17.1 Å². The lowest BCUT2D eigenvalue weighted by Crippen LogP contribution is -2.07. The van der Waals surface area contributed by atoms with Crippen LogP contribution in [0.3, 0.4) is 0 Å². The Bertz CT molecular complexity index is 615. The van der Waals surface area contributed by atoms with Crippen LogP contribution in [0.5, 0.6) is 0 Å². The van der Waals surface area contributed by atoms with Gasteiger partial charge in [-0.25, -0.2) is 0 Å². The van der Waals surface area contributed by atoms with Crippen molar-refractivity contribution in [2.24, 2.45) is 0 Å². The zero-order valence-corrected chi connectivity index (χ0v) is 11.7. The molecule has 1 aromatic heterocycles. The van der Waals surface area contributed by atoms with Crippen LogP contribution in [0.15, 0.2) is 30.3 Å². The van der Waals surface area contributed by atoms with Crippen molar-refractivity contribution in [3.8, 4) is 0 Å². The Hall–Kier alpha value is -1.79. The molecular weight excluding hydrogens is 286 g/mol. The van der Waals surface area contributed by atoms with Crippen LogP contribution >= 0.6 is 22.9 Å². The lowest BCUT2D eigenvalue weighted by Gasteiger charge is -2.15. The van der Waals surface area contributed by atoms with Crippen molar-refractivity contribution in [2.75, 3.05) is 11.1 Å². The van der Waals surface area contributed by atoms with Crippen LogP contribution in [0.2, 0.25) is 4.34 Å². The number of nitrogens with two attached hydrogens (primary N) is 1. The van der Waals surface area contributed by atoms with Crippen molar-refractivity contribution >= 4 is 40.0 Å². The van der Waals surface area contributed by atoms with Gasteiger partial charge in [0.25, 0.3) is 5.69 Å². The Morgan fingerprint density at radius 2 is 2.16 bits per heavy atom. The van der Waals surface area contributed by atoms with Gasteiger partial charge in [0, 0.05) is 17.0 Å². The minimum atomic E-state index is -0.470. The molecule has 0 aliphatic heterocycles. The predicted molar refractivity (Wildman–Crippen MR) is 78.9 cm³/mol. The van der Waals surface area contributed by atoms with Crippen molar-refractivity contribution in [3.63, 3.8) is 0 Å². The number of nitrogen functional groups attached to an aromatic ring is 1. The summed E-state index contributed by atoms with van der Waals surface area (Å²) in [4.78, 5) is 11.2. The van der Waals surface area contributed by atoms with Crippen molar-refractivity contribution in [3.05, 3.63) is 49.7 Å². The van der Waals surface area contributed by atoms with Crippen LogP contribution in [0.25, 0.3) is 0 Å². The van der Waals surface area contributed by atoms with Gasteiger partial charge in [0.1, 0.15) is 0 Å². The van der Waals surface area contributed by atoms with Gasteiger partial charge in [0.05, 0.1) is 26.7 Å².